The van der Waals surface area contributed by atoms with Crippen LogP contribution in [0.5, 0.6) is 11.5 Å². The van der Waals surface area contributed by atoms with Crippen molar-refractivity contribution in [1.29, 1.82) is 0 Å². The molecule has 0 aliphatic rings. The van der Waals surface area contributed by atoms with Crippen molar-refractivity contribution in [3.05, 3.63) is 95.0 Å². The van der Waals surface area contributed by atoms with E-state index in [4.69, 9.17) is 32.7 Å². The highest BCUT2D eigenvalue weighted by Gasteiger charge is 2.13. The fourth-order valence-electron chi connectivity index (χ4n) is 2.76. The molecule has 0 atom stereocenters. The van der Waals surface area contributed by atoms with Crippen LogP contribution in [-0.4, -0.2) is 37.1 Å². The standard InChI is InChI=1S/C26H22Cl2N4O5/c1-2-13-36-20-10-5-18(6-11-20)31-25(34)26(35)32-29-15-17-3-8-21(9-4-17)37-16-24(33)30-19-7-12-22(27)23(28)14-19/h2-12,14-15H,1,13,16H2,(H,30,33)(H,31,34)(H,32,35)/b29-15-. The van der Waals surface area contributed by atoms with Gasteiger partial charge in [0.25, 0.3) is 5.91 Å². The van der Waals surface area contributed by atoms with Crippen LogP contribution in [0.1, 0.15) is 5.56 Å². The molecule has 0 aliphatic heterocycles. The second-order valence-corrected chi connectivity index (χ2v) is 8.13. The molecule has 0 radical (unpaired) electrons. The Kier molecular flexibility index (Phi) is 10.1. The molecule has 0 spiro atoms. The summed E-state index contributed by atoms with van der Waals surface area (Å²) < 4.78 is 10.8. The number of amides is 3. The number of carbonyl (C=O) groups excluding carboxylic acids is 3. The van der Waals surface area contributed by atoms with Crippen LogP contribution in [-0.2, 0) is 14.4 Å². The highest BCUT2D eigenvalue weighted by Crippen LogP contribution is 2.25. The fraction of sp³-hybridized carbons (Fsp3) is 0.0769. The highest BCUT2D eigenvalue weighted by molar-refractivity contribution is 6.42. The molecule has 0 heterocycles. The molecule has 0 unspecified atom stereocenters. The predicted octanol–water partition coefficient (Wildman–Crippen LogP) is 4.66. The summed E-state index contributed by atoms with van der Waals surface area (Å²) in [6.07, 6.45) is 2.98. The summed E-state index contributed by atoms with van der Waals surface area (Å²) in [5, 5.41) is 9.61. The van der Waals surface area contributed by atoms with Gasteiger partial charge in [-0.2, -0.15) is 5.10 Å². The van der Waals surface area contributed by atoms with Gasteiger partial charge in [0, 0.05) is 11.4 Å². The molecule has 0 bridgehead atoms. The van der Waals surface area contributed by atoms with E-state index in [1.54, 1.807) is 66.7 Å². The quantitative estimate of drug-likeness (QED) is 0.149. The fourth-order valence-corrected chi connectivity index (χ4v) is 3.06. The molecule has 9 nitrogen and oxygen atoms in total. The number of anilines is 2. The maximum Gasteiger partial charge on any atom is 0.329 e. The number of benzene rings is 3. The zero-order valence-corrected chi connectivity index (χ0v) is 20.9. The van der Waals surface area contributed by atoms with Crippen LogP contribution < -0.4 is 25.5 Å². The van der Waals surface area contributed by atoms with Gasteiger partial charge < -0.3 is 20.1 Å². The number of nitrogens with one attached hydrogen (secondary N) is 3. The van der Waals surface area contributed by atoms with Crippen molar-refractivity contribution in [2.45, 2.75) is 0 Å². The molecule has 0 aromatic heterocycles. The Bertz CT molecular complexity index is 1300. The number of nitrogens with zero attached hydrogens (tertiary/aromatic N) is 1. The maximum absolute atomic E-state index is 12.1. The zero-order chi connectivity index (χ0) is 26.6. The molecular formula is C26H22Cl2N4O5. The number of hydrogen-bond donors (Lipinski definition) is 3. The predicted molar refractivity (Wildman–Crippen MR) is 144 cm³/mol. The van der Waals surface area contributed by atoms with Gasteiger partial charge in [0.1, 0.15) is 18.1 Å². The van der Waals surface area contributed by atoms with Crippen LogP contribution in [0.15, 0.2) is 84.5 Å². The van der Waals surface area contributed by atoms with Gasteiger partial charge in [-0.25, -0.2) is 5.43 Å². The summed E-state index contributed by atoms with van der Waals surface area (Å²) in [5.74, 6) is -1.13. The average Bonchev–Trinajstić information content (AvgIpc) is 2.90. The van der Waals surface area contributed by atoms with E-state index >= 15 is 0 Å². The Balaban J connectivity index is 1.41. The molecule has 0 saturated carbocycles. The Morgan fingerprint density at radius 1 is 0.811 bits per heavy atom. The first-order valence-electron chi connectivity index (χ1n) is 10.8. The second kappa shape index (κ2) is 13.7. The van der Waals surface area contributed by atoms with E-state index in [9.17, 15) is 14.4 Å². The van der Waals surface area contributed by atoms with E-state index in [2.05, 4.69) is 27.7 Å². The van der Waals surface area contributed by atoms with Gasteiger partial charge in [0.15, 0.2) is 6.61 Å². The van der Waals surface area contributed by atoms with Crippen molar-refractivity contribution in [2.75, 3.05) is 23.8 Å². The topological polar surface area (TPSA) is 118 Å². The van der Waals surface area contributed by atoms with Gasteiger partial charge >= 0.3 is 11.8 Å². The SMILES string of the molecule is C=CCOc1ccc(NC(=O)C(=O)N/N=C\c2ccc(OCC(=O)Nc3ccc(Cl)c(Cl)c3)cc2)cc1. The minimum atomic E-state index is -0.934. The molecule has 190 valence electrons. The molecule has 3 aromatic rings. The summed E-state index contributed by atoms with van der Waals surface area (Å²) in [7, 11) is 0. The van der Waals surface area contributed by atoms with Crippen molar-refractivity contribution >= 4 is 58.5 Å². The summed E-state index contributed by atoms with van der Waals surface area (Å²) in [5.41, 5.74) is 3.71. The second-order valence-electron chi connectivity index (χ2n) is 7.31. The molecule has 0 fully saturated rings. The lowest BCUT2D eigenvalue weighted by molar-refractivity contribution is -0.136. The van der Waals surface area contributed by atoms with E-state index in [1.807, 2.05) is 0 Å². The third-order valence-corrected chi connectivity index (χ3v) is 5.26. The molecule has 3 aromatic carbocycles. The largest absolute Gasteiger partial charge is 0.490 e. The van der Waals surface area contributed by atoms with E-state index in [1.165, 1.54) is 12.3 Å². The van der Waals surface area contributed by atoms with Gasteiger partial charge in [-0.15, -0.1) is 0 Å². The van der Waals surface area contributed by atoms with Gasteiger partial charge in [0.05, 0.1) is 16.3 Å². The number of ether oxygens (including phenoxy) is 2. The minimum Gasteiger partial charge on any atom is -0.490 e. The smallest absolute Gasteiger partial charge is 0.329 e. The average molecular weight is 541 g/mol. The van der Waals surface area contributed by atoms with Crippen molar-refractivity contribution in [3.63, 3.8) is 0 Å². The minimum absolute atomic E-state index is 0.219. The lowest BCUT2D eigenvalue weighted by Gasteiger charge is -2.08. The lowest BCUT2D eigenvalue weighted by atomic mass is 10.2. The maximum atomic E-state index is 12.1. The Morgan fingerprint density at radius 3 is 2.14 bits per heavy atom. The number of hydrogen-bond acceptors (Lipinski definition) is 6. The molecule has 37 heavy (non-hydrogen) atoms. The van der Waals surface area contributed by atoms with Crippen LogP contribution in [0.2, 0.25) is 10.0 Å². The van der Waals surface area contributed by atoms with E-state index in [0.717, 1.165) is 0 Å². The molecule has 3 rings (SSSR count). The van der Waals surface area contributed by atoms with Crippen LogP contribution in [0.3, 0.4) is 0 Å². The van der Waals surface area contributed by atoms with Crippen molar-refractivity contribution in [1.82, 2.24) is 5.43 Å². The Morgan fingerprint density at radius 2 is 1.46 bits per heavy atom. The number of rotatable bonds is 10. The molecule has 3 amide bonds. The van der Waals surface area contributed by atoms with E-state index in [-0.39, 0.29) is 12.5 Å². The van der Waals surface area contributed by atoms with Gasteiger partial charge in [-0.1, -0.05) is 35.9 Å². The van der Waals surface area contributed by atoms with Crippen LogP contribution in [0.4, 0.5) is 11.4 Å². The highest BCUT2D eigenvalue weighted by atomic mass is 35.5. The molecule has 0 aliphatic carbocycles. The van der Waals surface area contributed by atoms with E-state index < -0.39 is 11.8 Å². The van der Waals surface area contributed by atoms with Crippen molar-refractivity contribution < 1.29 is 23.9 Å². The molecular weight excluding hydrogens is 519 g/mol. The van der Waals surface area contributed by atoms with Gasteiger partial charge in [0.2, 0.25) is 0 Å². The third-order valence-electron chi connectivity index (χ3n) is 4.52. The van der Waals surface area contributed by atoms with Gasteiger partial charge in [-0.05, 0) is 72.3 Å². The van der Waals surface area contributed by atoms with Crippen molar-refractivity contribution in [2.24, 2.45) is 5.10 Å². The number of halogens is 2. The summed E-state index contributed by atoms with van der Waals surface area (Å²) >= 11 is 11.8. The molecule has 3 N–H and O–H groups in total. The van der Waals surface area contributed by atoms with Crippen molar-refractivity contribution in [3.8, 4) is 11.5 Å². The number of carbonyl (C=O) groups is 3. The Hall–Kier alpha value is -4.34. The van der Waals surface area contributed by atoms with E-state index in [0.29, 0.717) is 45.1 Å². The lowest BCUT2D eigenvalue weighted by Crippen LogP contribution is -2.32. The molecule has 11 heteroatoms. The first kappa shape index (κ1) is 27.3. The summed E-state index contributed by atoms with van der Waals surface area (Å²) in [6, 6.07) is 17.9. The summed E-state index contributed by atoms with van der Waals surface area (Å²) in [4.78, 5) is 36.1. The monoisotopic (exact) mass is 540 g/mol. The van der Waals surface area contributed by atoms with Crippen LogP contribution in [0, 0.1) is 0 Å². The Labute approximate surface area is 223 Å². The normalized spacial score (nSPS) is 10.4. The first-order chi connectivity index (χ1) is 17.8. The van der Waals surface area contributed by atoms with Gasteiger partial charge in [-0.3, -0.25) is 14.4 Å². The summed E-state index contributed by atoms with van der Waals surface area (Å²) in [6.45, 7) is 3.71. The van der Waals surface area contributed by atoms with Crippen LogP contribution in [0.25, 0.3) is 0 Å². The molecule has 0 saturated heterocycles. The third kappa shape index (κ3) is 8.99. The first-order valence-corrected chi connectivity index (χ1v) is 11.6. The zero-order valence-electron chi connectivity index (χ0n) is 19.4. The number of hydrazone groups is 1. The van der Waals surface area contributed by atoms with Crippen LogP contribution >= 0.6 is 23.2 Å².